The minimum Gasteiger partial charge on any atom is -0.405 e. The fourth-order valence-corrected chi connectivity index (χ4v) is 10.2. The molecule has 0 bridgehead atoms. The van der Waals surface area contributed by atoms with E-state index in [1.807, 2.05) is 55.4 Å². The lowest BCUT2D eigenvalue weighted by Gasteiger charge is -2.32. The highest BCUT2D eigenvalue weighted by Gasteiger charge is 2.64. The maximum atomic E-state index is 12.4. The Bertz CT molecular complexity index is 2100. The molecule has 3 aliphatic heterocycles. The highest BCUT2D eigenvalue weighted by molar-refractivity contribution is 8.11. The summed E-state index contributed by atoms with van der Waals surface area (Å²) in [6.07, 6.45) is 16.2. The molecule has 1 saturated carbocycles. The maximum absolute atomic E-state index is 12.4. The van der Waals surface area contributed by atoms with Crippen LogP contribution < -0.4 is 3.71 Å². The molecule has 3 heterocycles. The molecular weight excluding hydrogens is 977 g/mol. The molecule has 4 fully saturated rings. The Morgan fingerprint density at radius 2 is 0.859 bits per heavy atom. The van der Waals surface area contributed by atoms with Gasteiger partial charge in [-0.1, -0.05) is 56.7 Å². The molecule has 1 aromatic rings. The van der Waals surface area contributed by atoms with Crippen LogP contribution in [-0.4, -0.2) is 88.4 Å². The van der Waals surface area contributed by atoms with Crippen molar-refractivity contribution in [1.29, 1.82) is 0 Å². The van der Waals surface area contributed by atoms with Crippen LogP contribution in [-0.2, 0) is 52.8 Å². The second kappa shape index (κ2) is 23.2. The molecule has 23 heteroatoms. The van der Waals surface area contributed by atoms with Gasteiger partial charge in [-0.25, -0.2) is 0 Å². The van der Waals surface area contributed by atoms with Gasteiger partial charge in [0.25, 0.3) is 0 Å². The summed E-state index contributed by atoms with van der Waals surface area (Å²) in [5.41, 5.74) is -12.7. The van der Waals surface area contributed by atoms with Crippen LogP contribution in [0, 0.1) is 17.8 Å². The summed E-state index contributed by atoms with van der Waals surface area (Å²) in [4.78, 5) is 10.6. The summed E-state index contributed by atoms with van der Waals surface area (Å²) in [6.45, 7) is 33.7. The van der Waals surface area contributed by atoms with Crippen LogP contribution in [0.1, 0.15) is 175 Å². The molecule has 404 valence electrons. The number of carbonyl (C=O) groups is 1. The Morgan fingerprint density at radius 3 is 1.15 bits per heavy atom. The Labute approximate surface area is 421 Å². The van der Waals surface area contributed by atoms with E-state index in [0.29, 0.717) is 17.9 Å². The maximum Gasteiger partial charge on any atom is 0.517 e. The Morgan fingerprint density at radius 1 is 0.521 bits per heavy atom. The van der Waals surface area contributed by atoms with Crippen molar-refractivity contribution in [3.63, 3.8) is 0 Å². The molecule has 1 aromatic carbocycles. The molecule has 3 aliphatic carbocycles. The smallest absolute Gasteiger partial charge is 0.405 e. The number of alkyl halides is 6. The zero-order chi connectivity index (χ0) is 54.6. The zero-order valence-corrected chi connectivity index (χ0v) is 46.2. The van der Waals surface area contributed by atoms with E-state index in [1.165, 1.54) is 37.6 Å². The molecule has 2 unspecified atom stereocenters. The van der Waals surface area contributed by atoms with E-state index >= 15 is 0 Å². The van der Waals surface area contributed by atoms with Crippen LogP contribution in [0.25, 0.3) is 0 Å². The van der Waals surface area contributed by atoms with Crippen molar-refractivity contribution >= 4 is 52.7 Å². The highest BCUT2D eigenvalue weighted by atomic mass is 32.3. The number of benzene rings is 1. The van der Waals surface area contributed by atoms with Gasteiger partial charge in [-0.2, -0.15) is 43.2 Å². The summed E-state index contributed by atoms with van der Waals surface area (Å²) in [7, 11) is -14.7. The van der Waals surface area contributed by atoms with Crippen molar-refractivity contribution in [3.05, 3.63) is 53.5 Å². The number of anilines is 1. The first-order chi connectivity index (χ1) is 32.0. The first kappa shape index (κ1) is 62.9. The third kappa shape index (κ3) is 16.1. The first-order valence-electron chi connectivity index (χ1n) is 24.4. The molecule has 0 N–H and O–H groups in total. The molecule has 12 nitrogen and oxygen atoms in total. The lowest BCUT2D eigenvalue weighted by molar-refractivity contribution is -0.120. The molecular formula is C48H78B3F6NO11S2. The number of halogens is 6. The van der Waals surface area contributed by atoms with Crippen LogP contribution in [0.4, 0.5) is 32.0 Å². The molecule has 0 spiro atoms. The Hall–Kier alpha value is -2.40. The standard InChI is InChI=1S/C13H23BO2.C12H24B2O4.C8H5F6NO4S2.C8H14.C7H12O/c1-10-6-8-11(9-7-10)14-15-12(2,3)13(4,5)16-14;1-9(2)10(3,4)16-13(15-9)14-17-11(5,6)12(7,8)18-14;9-7(10,11)20(16,17)15(6-4-2-1-3-5-6)21(18,19)8(12,13)14;1-7-3-5-8(2)6-4-7;1-6-2-4-7(8)5-3-6/h8,10H,6-7,9H2,1-5H3;1-8H3;1-5H;3,8H,4-6H2,1-2H3;6H,2-5H2,1H3. The first-order valence-corrected chi connectivity index (χ1v) is 27.3. The van der Waals surface area contributed by atoms with Gasteiger partial charge in [0.1, 0.15) is 5.78 Å². The van der Waals surface area contributed by atoms with Gasteiger partial charge in [-0.15, -0.1) is 3.71 Å². The average molecular weight is 1060 g/mol. The van der Waals surface area contributed by atoms with Gasteiger partial charge in [-0.3, -0.25) is 4.79 Å². The largest absolute Gasteiger partial charge is 0.517 e. The number of hydrogen-bond acceptors (Lipinski definition) is 11. The van der Waals surface area contributed by atoms with Gasteiger partial charge in [0.05, 0.1) is 39.3 Å². The fourth-order valence-electron chi connectivity index (χ4n) is 7.52. The number of ketones is 1. The van der Waals surface area contributed by atoms with Crippen molar-refractivity contribution in [2.75, 3.05) is 3.71 Å². The van der Waals surface area contributed by atoms with Crippen LogP contribution in [0.3, 0.4) is 0 Å². The second-order valence-corrected chi connectivity index (χ2v) is 26.4. The molecule has 71 heavy (non-hydrogen) atoms. The predicted octanol–water partition coefficient (Wildman–Crippen LogP) is 12.3. The van der Waals surface area contributed by atoms with Crippen LogP contribution in [0.5, 0.6) is 0 Å². The number of para-hydroxylation sites is 1. The van der Waals surface area contributed by atoms with E-state index in [2.05, 4.69) is 67.5 Å². The van der Waals surface area contributed by atoms with Gasteiger partial charge in [0.2, 0.25) is 0 Å². The second-order valence-electron chi connectivity index (χ2n) is 22.6. The summed E-state index contributed by atoms with van der Waals surface area (Å²) in [6, 6.07) is 3.85. The van der Waals surface area contributed by atoms with Crippen LogP contribution >= 0.6 is 0 Å². The normalized spacial score (nSPS) is 25.7. The molecule has 3 saturated heterocycles. The number of rotatable bonds is 5. The van der Waals surface area contributed by atoms with Gasteiger partial charge < -0.3 is 27.9 Å². The van der Waals surface area contributed by atoms with Gasteiger partial charge in [0, 0.05) is 12.8 Å². The molecule has 0 aromatic heterocycles. The summed E-state index contributed by atoms with van der Waals surface area (Å²) >= 11 is 0. The molecule has 2 atom stereocenters. The topological polar surface area (TPSA) is 144 Å². The van der Waals surface area contributed by atoms with Gasteiger partial charge >= 0.3 is 52.2 Å². The lowest BCUT2D eigenvalue weighted by atomic mass is 9.49. The van der Waals surface area contributed by atoms with E-state index in [1.54, 1.807) is 5.57 Å². The Kier molecular flexibility index (Phi) is 20.6. The van der Waals surface area contributed by atoms with Crippen molar-refractivity contribution in [2.24, 2.45) is 17.8 Å². The van der Waals surface area contributed by atoms with Crippen molar-refractivity contribution < 1.29 is 75.9 Å². The van der Waals surface area contributed by atoms with Crippen molar-refractivity contribution in [3.8, 4) is 0 Å². The van der Waals surface area contributed by atoms with E-state index in [9.17, 15) is 48.0 Å². The van der Waals surface area contributed by atoms with Crippen molar-refractivity contribution in [2.45, 2.75) is 220 Å². The van der Waals surface area contributed by atoms with Crippen LogP contribution in [0.15, 0.2) is 53.5 Å². The molecule has 0 amide bonds. The number of hydrogen-bond donors (Lipinski definition) is 0. The quantitative estimate of drug-likeness (QED) is 0.158. The number of nitrogens with zero attached hydrogens (tertiary/aromatic N) is 1. The summed E-state index contributed by atoms with van der Waals surface area (Å²) in [5, 5.41) is 0. The highest BCUT2D eigenvalue weighted by Crippen LogP contribution is 2.44. The van der Waals surface area contributed by atoms with Crippen molar-refractivity contribution in [1.82, 2.24) is 0 Å². The van der Waals surface area contributed by atoms with Crippen LogP contribution in [0.2, 0.25) is 0 Å². The van der Waals surface area contributed by atoms with E-state index < -0.39 is 54.5 Å². The number of allylic oxidation sites excluding steroid dienone is 4. The predicted molar refractivity (Wildman–Crippen MR) is 268 cm³/mol. The Balaban J connectivity index is 0.000000245. The third-order valence-corrected chi connectivity index (χ3v) is 18.4. The van der Waals surface area contributed by atoms with E-state index in [-0.39, 0.29) is 40.7 Å². The monoisotopic (exact) mass is 1060 g/mol. The minimum atomic E-state index is -6.81. The third-order valence-electron chi connectivity index (χ3n) is 14.8. The minimum absolute atomic E-state index is 0.113. The zero-order valence-electron chi connectivity index (χ0n) is 44.6. The average Bonchev–Trinajstić information content (AvgIpc) is 3.70. The molecule has 6 aliphatic rings. The van der Waals surface area contributed by atoms with Gasteiger partial charge in [0.15, 0.2) is 0 Å². The SMILES string of the molecule is CC1(C)OB(B2OC(C)(C)C(C)(C)O2)OC1(C)C.CC1=CCC(C)CC1.CC1CC=C(B2OC(C)(C)C(C)(C)O2)CC1.CC1CCC(=O)CC1.O=S(=O)(N(c1ccccc1)S(=O)(=O)C(F)(F)F)C(F)(F)F. The summed E-state index contributed by atoms with van der Waals surface area (Å²) in [5.74, 6) is 3.01. The van der Waals surface area contributed by atoms with E-state index in [0.717, 1.165) is 68.1 Å². The summed E-state index contributed by atoms with van der Waals surface area (Å²) < 4.78 is 153. The number of sulfonamides is 2. The van der Waals surface area contributed by atoms with Gasteiger partial charge in [-0.05, 0) is 177 Å². The lowest BCUT2D eigenvalue weighted by Crippen LogP contribution is -2.49. The van der Waals surface area contributed by atoms with E-state index in [4.69, 9.17) is 27.9 Å². The number of carbonyl (C=O) groups excluding carboxylic acids is 1. The molecule has 0 radical (unpaired) electrons. The number of Topliss-reactive ketones (excluding diaryl/α,β-unsaturated/α-hetero) is 1. The fraction of sp³-hybridized carbons (Fsp3) is 0.771. The molecule has 7 rings (SSSR count).